The summed E-state index contributed by atoms with van der Waals surface area (Å²) < 4.78 is 16.5. The Morgan fingerprint density at radius 2 is 1.90 bits per heavy atom. The van der Waals surface area contributed by atoms with Gasteiger partial charge in [-0.2, -0.15) is 9.78 Å². The first-order valence-electron chi connectivity index (χ1n) is 9.84. The Bertz CT molecular complexity index is 1200. The van der Waals surface area contributed by atoms with Gasteiger partial charge < -0.3 is 14.8 Å². The average Bonchev–Trinajstić information content (AvgIpc) is 2.92. The highest BCUT2D eigenvalue weighted by Crippen LogP contribution is 2.31. The molecule has 0 amide bonds. The Morgan fingerprint density at radius 3 is 2.72 bits per heavy atom. The van der Waals surface area contributed by atoms with Gasteiger partial charge in [-0.3, -0.25) is 4.79 Å². The van der Waals surface area contributed by atoms with Gasteiger partial charge in [-0.05, 0) is 44.3 Å². The summed E-state index contributed by atoms with van der Waals surface area (Å²) in [7, 11) is 2.09. The van der Waals surface area contributed by atoms with Gasteiger partial charge in [-0.25, -0.2) is 4.39 Å². The summed E-state index contributed by atoms with van der Waals surface area (Å²) >= 11 is 0. The summed E-state index contributed by atoms with van der Waals surface area (Å²) in [5.41, 5.74) is 2.79. The van der Waals surface area contributed by atoms with E-state index in [-0.39, 0.29) is 11.4 Å². The molecule has 3 aliphatic heterocycles. The maximum atomic E-state index is 15.1. The number of pyridine rings is 1. The van der Waals surface area contributed by atoms with Gasteiger partial charge in [-0.1, -0.05) is 18.2 Å². The number of hydrogen-bond acceptors (Lipinski definition) is 4. The van der Waals surface area contributed by atoms with E-state index >= 15 is 4.39 Å². The van der Waals surface area contributed by atoms with Gasteiger partial charge in [0.15, 0.2) is 0 Å². The summed E-state index contributed by atoms with van der Waals surface area (Å²) in [4.78, 5) is 20.3. The molecule has 0 bridgehead atoms. The summed E-state index contributed by atoms with van der Waals surface area (Å²) in [6.45, 7) is 3.53. The molecular weight excluding hydrogens is 369 g/mol. The minimum Gasteiger partial charge on any atom is -0.368 e. The number of aromatic amines is 1. The summed E-state index contributed by atoms with van der Waals surface area (Å²) in [5.74, 6) is -0.287. The van der Waals surface area contributed by atoms with Crippen molar-refractivity contribution < 1.29 is 4.39 Å². The molecule has 0 unspecified atom stereocenters. The molecule has 6 nitrogen and oxygen atoms in total. The van der Waals surface area contributed by atoms with Gasteiger partial charge in [0.2, 0.25) is 0 Å². The number of likely N-dealkylation sites (N-methyl/N-ethyl adjacent to an activating group) is 1. The van der Waals surface area contributed by atoms with Gasteiger partial charge in [0.25, 0.3) is 5.56 Å². The molecule has 0 aliphatic carbocycles. The van der Waals surface area contributed by atoms with Gasteiger partial charge in [0.05, 0.1) is 16.9 Å². The minimum absolute atomic E-state index is 0.218. The third kappa shape index (κ3) is 3.07. The number of hydrogen-bond donors (Lipinski definition) is 1. The topological polar surface area (TPSA) is 57.2 Å². The van der Waals surface area contributed by atoms with Crippen LogP contribution in [0.5, 0.6) is 0 Å². The highest BCUT2D eigenvalue weighted by Gasteiger charge is 2.22. The van der Waals surface area contributed by atoms with E-state index in [1.54, 1.807) is 6.20 Å². The second kappa shape index (κ2) is 7.00. The quantitative estimate of drug-likeness (QED) is 0.571. The number of para-hydroxylation sites is 1. The van der Waals surface area contributed by atoms with Crippen LogP contribution in [0, 0.1) is 5.82 Å². The number of halogens is 1. The number of nitrogens with zero attached hydrogens (tertiary/aromatic N) is 4. The molecule has 0 saturated carbocycles. The van der Waals surface area contributed by atoms with Crippen molar-refractivity contribution in [3.63, 3.8) is 0 Å². The zero-order chi connectivity index (χ0) is 20.0. The number of anilines is 1. The van der Waals surface area contributed by atoms with Crippen LogP contribution in [0.4, 0.5) is 10.1 Å². The van der Waals surface area contributed by atoms with Crippen LogP contribution in [-0.2, 0) is 0 Å². The first-order chi connectivity index (χ1) is 14.1. The van der Waals surface area contributed by atoms with Crippen LogP contribution in [0.1, 0.15) is 6.42 Å². The van der Waals surface area contributed by atoms with Gasteiger partial charge in [0.1, 0.15) is 11.5 Å². The van der Waals surface area contributed by atoms with Crippen molar-refractivity contribution in [1.82, 2.24) is 19.7 Å². The van der Waals surface area contributed by atoms with Gasteiger partial charge >= 0.3 is 0 Å². The lowest BCUT2D eigenvalue weighted by Gasteiger charge is -2.24. The number of fused-ring (bicyclic) bond motifs is 3. The van der Waals surface area contributed by atoms with E-state index in [0.29, 0.717) is 28.0 Å². The van der Waals surface area contributed by atoms with Crippen LogP contribution in [0.2, 0.25) is 0 Å². The van der Waals surface area contributed by atoms with E-state index in [0.717, 1.165) is 38.1 Å². The van der Waals surface area contributed by atoms with E-state index < -0.39 is 0 Å². The highest BCUT2D eigenvalue weighted by atomic mass is 19.1. The van der Waals surface area contributed by atoms with Gasteiger partial charge in [0, 0.05) is 36.7 Å². The normalized spacial score (nSPS) is 15.9. The molecule has 2 aromatic rings. The molecule has 3 aliphatic rings. The number of aromatic nitrogens is 3. The Kier molecular flexibility index (Phi) is 4.32. The molecule has 2 aromatic carbocycles. The zero-order valence-corrected chi connectivity index (χ0v) is 16.2. The van der Waals surface area contributed by atoms with Crippen LogP contribution in [0.3, 0.4) is 0 Å². The molecule has 0 spiro atoms. The Labute approximate surface area is 167 Å². The molecule has 29 heavy (non-hydrogen) atoms. The van der Waals surface area contributed by atoms with E-state index in [9.17, 15) is 4.79 Å². The Hall–Kier alpha value is -3.19. The zero-order valence-electron chi connectivity index (χ0n) is 16.2. The monoisotopic (exact) mass is 391 g/mol. The third-order valence-corrected chi connectivity index (χ3v) is 5.65. The molecule has 148 valence electrons. The molecule has 1 fully saturated rings. The lowest BCUT2D eigenvalue weighted by molar-refractivity contribution is 0.360. The van der Waals surface area contributed by atoms with Crippen LogP contribution >= 0.6 is 0 Å². The summed E-state index contributed by atoms with van der Waals surface area (Å²) in [5, 5.41) is 5.13. The lowest BCUT2D eigenvalue weighted by atomic mass is 10.1. The fourth-order valence-electron chi connectivity index (χ4n) is 4.04. The fourth-order valence-corrected chi connectivity index (χ4v) is 4.04. The molecule has 1 N–H and O–H groups in total. The van der Waals surface area contributed by atoms with Crippen molar-refractivity contribution in [2.24, 2.45) is 0 Å². The van der Waals surface area contributed by atoms with E-state index in [4.69, 9.17) is 0 Å². The molecule has 3 heterocycles. The Balaban J connectivity index is 1.64. The second-order valence-corrected chi connectivity index (χ2v) is 7.60. The highest BCUT2D eigenvalue weighted by molar-refractivity contribution is 5.95. The number of H-pyrrole nitrogens is 1. The fraction of sp³-hybridized carbons (Fsp3) is 0.273. The van der Waals surface area contributed by atoms with E-state index in [2.05, 4.69) is 26.9 Å². The SMILES string of the molecule is CN1CCCN(c2cc3[nH]cc4c(=O)n(-c5ccccc5)nc-4c3cc2F)CC1. The number of nitrogens with one attached hydrogen (secondary N) is 1. The molecule has 0 aromatic heterocycles. The molecular formula is C22H22FN5O. The smallest absolute Gasteiger partial charge is 0.282 e. The molecule has 0 radical (unpaired) electrons. The lowest BCUT2D eigenvalue weighted by Crippen LogP contribution is -2.29. The van der Waals surface area contributed by atoms with Crippen molar-refractivity contribution in [1.29, 1.82) is 0 Å². The summed E-state index contributed by atoms with van der Waals surface area (Å²) in [6, 6.07) is 12.6. The standard InChI is InChI=1S/C22H22FN5O/c1-26-8-5-9-27(11-10-26)20-13-19-16(12-18(20)23)21-17(14-24-19)22(29)28(25-21)15-6-3-2-4-7-15/h2-4,6-7,12-14,24H,5,8-11H2,1H3. The molecule has 1 saturated heterocycles. The molecule has 0 atom stereocenters. The van der Waals surface area contributed by atoms with Crippen LogP contribution in [0.25, 0.3) is 27.8 Å². The van der Waals surface area contributed by atoms with Crippen molar-refractivity contribution in [2.75, 3.05) is 38.1 Å². The van der Waals surface area contributed by atoms with Crippen molar-refractivity contribution in [3.05, 3.63) is 64.8 Å². The molecule has 5 rings (SSSR count). The van der Waals surface area contributed by atoms with Crippen molar-refractivity contribution in [3.8, 4) is 16.9 Å². The molecule has 7 heteroatoms. The van der Waals surface area contributed by atoms with E-state index in [1.165, 1.54) is 10.7 Å². The van der Waals surface area contributed by atoms with E-state index in [1.807, 2.05) is 36.4 Å². The summed E-state index contributed by atoms with van der Waals surface area (Å²) in [6.07, 6.45) is 2.67. The number of rotatable bonds is 2. The minimum atomic E-state index is -0.287. The average molecular weight is 391 g/mol. The predicted octanol–water partition coefficient (Wildman–Crippen LogP) is 3.10. The van der Waals surface area contributed by atoms with Crippen molar-refractivity contribution in [2.45, 2.75) is 6.42 Å². The maximum absolute atomic E-state index is 15.1. The van der Waals surface area contributed by atoms with Crippen LogP contribution in [-0.4, -0.2) is 52.9 Å². The second-order valence-electron chi connectivity index (χ2n) is 7.60. The first kappa shape index (κ1) is 17.9. The number of benzene rings is 2. The predicted molar refractivity (Wildman–Crippen MR) is 113 cm³/mol. The first-order valence-corrected chi connectivity index (χ1v) is 9.84. The van der Waals surface area contributed by atoms with Crippen LogP contribution < -0.4 is 10.5 Å². The maximum Gasteiger partial charge on any atom is 0.282 e. The van der Waals surface area contributed by atoms with Crippen molar-refractivity contribution >= 4 is 16.6 Å². The van der Waals surface area contributed by atoms with Crippen LogP contribution in [0.15, 0.2) is 53.5 Å². The largest absolute Gasteiger partial charge is 0.368 e. The Morgan fingerprint density at radius 1 is 1.07 bits per heavy atom. The third-order valence-electron chi connectivity index (χ3n) is 5.65. The van der Waals surface area contributed by atoms with Gasteiger partial charge in [-0.15, -0.1) is 0 Å².